The normalized spacial score (nSPS) is 21.5. The van der Waals surface area contributed by atoms with Crippen molar-refractivity contribution in [3.63, 3.8) is 0 Å². The molecule has 1 aliphatic heterocycles. The number of carboxylic acid groups (broad SMARTS) is 1. The van der Waals surface area contributed by atoms with Crippen LogP contribution in [0.5, 0.6) is 5.75 Å². The Bertz CT molecular complexity index is 528. The number of aliphatic carboxylic acids is 1. The maximum absolute atomic E-state index is 12.3. The molecule has 0 aliphatic carbocycles. The number of nitrogens with zero attached hydrogens (tertiary/aromatic N) is 1. The summed E-state index contributed by atoms with van der Waals surface area (Å²) >= 11 is 0. The Labute approximate surface area is 129 Å². The smallest absolute Gasteiger partial charge is 0.334 e. The minimum Gasteiger partial charge on any atom is -0.497 e. The van der Waals surface area contributed by atoms with E-state index in [1.54, 1.807) is 18.9 Å². The molecule has 2 atom stereocenters. The molecule has 0 aromatic heterocycles. The predicted molar refractivity (Wildman–Crippen MR) is 79.9 cm³/mol. The van der Waals surface area contributed by atoms with Crippen molar-refractivity contribution < 1.29 is 24.2 Å². The summed E-state index contributed by atoms with van der Waals surface area (Å²) in [5, 5.41) is 9.04. The number of carbonyl (C=O) groups is 2. The molecule has 1 amide bonds. The fourth-order valence-corrected chi connectivity index (χ4v) is 2.49. The zero-order valence-electron chi connectivity index (χ0n) is 12.8. The molecule has 1 fully saturated rings. The Kier molecular flexibility index (Phi) is 5.38. The minimum absolute atomic E-state index is 0.0442. The Morgan fingerprint density at radius 2 is 2.00 bits per heavy atom. The molecule has 0 bridgehead atoms. The lowest BCUT2D eigenvalue weighted by Gasteiger charge is -2.35. The number of methoxy groups -OCH3 is 1. The highest BCUT2D eigenvalue weighted by Crippen LogP contribution is 2.15. The SMILES string of the molecule is COc1ccc(CCC(=O)N2CC(C(=O)O)O[C@H](C)C2)cc1. The topological polar surface area (TPSA) is 76.1 Å². The van der Waals surface area contributed by atoms with Crippen LogP contribution in [0.1, 0.15) is 18.9 Å². The van der Waals surface area contributed by atoms with Crippen molar-refractivity contribution in [3.05, 3.63) is 29.8 Å². The molecule has 1 unspecified atom stereocenters. The molecular weight excluding hydrogens is 286 g/mol. The van der Waals surface area contributed by atoms with Crippen molar-refractivity contribution >= 4 is 11.9 Å². The molecule has 1 aromatic carbocycles. The van der Waals surface area contributed by atoms with Gasteiger partial charge in [0.15, 0.2) is 6.10 Å². The van der Waals surface area contributed by atoms with Crippen LogP contribution in [0, 0.1) is 0 Å². The average Bonchev–Trinajstić information content (AvgIpc) is 2.52. The van der Waals surface area contributed by atoms with Gasteiger partial charge in [-0.05, 0) is 31.0 Å². The number of aryl methyl sites for hydroxylation is 1. The summed E-state index contributed by atoms with van der Waals surface area (Å²) in [6.45, 7) is 2.32. The van der Waals surface area contributed by atoms with E-state index in [1.807, 2.05) is 24.3 Å². The molecule has 1 aromatic rings. The second-order valence-corrected chi connectivity index (χ2v) is 5.42. The average molecular weight is 307 g/mol. The van der Waals surface area contributed by atoms with Gasteiger partial charge in [0.25, 0.3) is 0 Å². The van der Waals surface area contributed by atoms with Crippen LogP contribution < -0.4 is 4.74 Å². The molecule has 22 heavy (non-hydrogen) atoms. The first-order valence-corrected chi connectivity index (χ1v) is 7.28. The van der Waals surface area contributed by atoms with E-state index in [2.05, 4.69) is 0 Å². The van der Waals surface area contributed by atoms with E-state index in [9.17, 15) is 9.59 Å². The van der Waals surface area contributed by atoms with Crippen molar-refractivity contribution in [2.45, 2.75) is 32.0 Å². The predicted octanol–water partition coefficient (Wildman–Crippen LogP) is 1.33. The van der Waals surface area contributed by atoms with E-state index in [-0.39, 0.29) is 18.6 Å². The van der Waals surface area contributed by atoms with Crippen molar-refractivity contribution in [2.75, 3.05) is 20.2 Å². The maximum atomic E-state index is 12.3. The number of amides is 1. The van der Waals surface area contributed by atoms with Gasteiger partial charge >= 0.3 is 5.97 Å². The molecule has 1 N–H and O–H groups in total. The number of rotatable bonds is 5. The third-order valence-corrected chi connectivity index (χ3v) is 3.68. The van der Waals surface area contributed by atoms with Gasteiger partial charge in [-0.2, -0.15) is 0 Å². The molecule has 0 spiro atoms. The third kappa shape index (κ3) is 4.21. The van der Waals surface area contributed by atoms with Crippen LogP contribution in [0.25, 0.3) is 0 Å². The van der Waals surface area contributed by atoms with Gasteiger partial charge in [-0.25, -0.2) is 4.79 Å². The highest BCUT2D eigenvalue weighted by molar-refractivity contribution is 5.79. The minimum atomic E-state index is -1.03. The first kappa shape index (κ1) is 16.3. The van der Waals surface area contributed by atoms with Crippen LogP contribution >= 0.6 is 0 Å². The van der Waals surface area contributed by atoms with Gasteiger partial charge in [-0.1, -0.05) is 12.1 Å². The summed E-state index contributed by atoms with van der Waals surface area (Å²) in [7, 11) is 1.61. The molecule has 120 valence electrons. The molecule has 0 radical (unpaired) electrons. The van der Waals surface area contributed by atoms with Gasteiger partial charge in [0.2, 0.25) is 5.91 Å². The summed E-state index contributed by atoms with van der Waals surface area (Å²) in [5.74, 6) is -0.293. The second-order valence-electron chi connectivity index (χ2n) is 5.42. The Morgan fingerprint density at radius 3 is 2.59 bits per heavy atom. The summed E-state index contributed by atoms with van der Waals surface area (Å²) in [4.78, 5) is 24.9. The number of morpholine rings is 1. The molecule has 1 saturated heterocycles. The van der Waals surface area contributed by atoms with Crippen LogP contribution in [0.15, 0.2) is 24.3 Å². The summed E-state index contributed by atoms with van der Waals surface area (Å²) in [6, 6.07) is 7.57. The number of hydrogen-bond donors (Lipinski definition) is 1. The van der Waals surface area contributed by atoms with Crippen LogP contribution in [-0.4, -0.2) is 54.3 Å². The molecule has 1 heterocycles. The quantitative estimate of drug-likeness (QED) is 0.888. The Hall–Kier alpha value is -2.08. The van der Waals surface area contributed by atoms with E-state index in [0.717, 1.165) is 11.3 Å². The molecule has 6 nitrogen and oxygen atoms in total. The lowest BCUT2D eigenvalue weighted by atomic mass is 10.1. The Morgan fingerprint density at radius 1 is 1.32 bits per heavy atom. The first-order valence-electron chi connectivity index (χ1n) is 7.28. The van der Waals surface area contributed by atoms with E-state index in [0.29, 0.717) is 19.4 Å². The zero-order valence-corrected chi connectivity index (χ0v) is 12.8. The highest BCUT2D eigenvalue weighted by Gasteiger charge is 2.32. The van der Waals surface area contributed by atoms with Gasteiger partial charge < -0.3 is 19.5 Å². The van der Waals surface area contributed by atoms with Crippen molar-refractivity contribution in [2.24, 2.45) is 0 Å². The van der Waals surface area contributed by atoms with Gasteiger partial charge in [0, 0.05) is 13.0 Å². The summed E-state index contributed by atoms with van der Waals surface area (Å²) in [5.41, 5.74) is 1.05. The van der Waals surface area contributed by atoms with Gasteiger partial charge in [0.1, 0.15) is 5.75 Å². The number of benzene rings is 1. The summed E-state index contributed by atoms with van der Waals surface area (Å²) < 4.78 is 10.4. The fraction of sp³-hybridized carbons (Fsp3) is 0.500. The number of hydrogen-bond acceptors (Lipinski definition) is 4. The summed E-state index contributed by atoms with van der Waals surface area (Å²) in [6.07, 6.45) is -0.231. The molecule has 0 saturated carbocycles. The largest absolute Gasteiger partial charge is 0.497 e. The van der Waals surface area contributed by atoms with E-state index in [4.69, 9.17) is 14.6 Å². The van der Waals surface area contributed by atoms with Gasteiger partial charge in [0.05, 0.1) is 19.8 Å². The molecule has 1 aliphatic rings. The van der Waals surface area contributed by atoms with E-state index < -0.39 is 12.1 Å². The maximum Gasteiger partial charge on any atom is 0.334 e. The third-order valence-electron chi connectivity index (χ3n) is 3.68. The van der Waals surface area contributed by atoms with E-state index >= 15 is 0 Å². The Balaban J connectivity index is 1.89. The molecule has 2 rings (SSSR count). The lowest BCUT2D eigenvalue weighted by molar-refractivity contribution is -0.166. The standard InChI is InChI=1S/C16H21NO5/c1-11-9-17(10-14(22-11)16(19)20)15(18)8-5-12-3-6-13(21-2)7-4-12/h3-4,6-7,11,14H,5,8-10H2,1-2H3,(H,19,20)/t11-,14?/m1/s1. The van der Waals surface area contributed by atoms with Gasteiger partial charge in [-0.3, -0.25) is 4.79 Å². The number of carbonyl (C=O) groups excluding carboxylic acids is 1. The van der Waals surface area contributed by atoms with E-state index in [1.165, 1.54) is 0 Å². The van der Waals surface area contributed by atoms with Crippen LogP contribution in [-0.2, 0) is 20.7 Å². The number of ether oxygens (including phenoxy) is 2. The molecule has 6 heteroatoms. The highest BCUT2D eigenvalue weighted by atomic mass is 16.5. The van der Waals surface area contributed by atoms with Crippen LogP contribution in [0.2, 0.25) is 0 Å². The zero-order chi connectivity index (χ0) is 16.1. The van der Waals surface area contributed by atoms with Crippen molar-refractivity contribution in [1.29, 1.82) is 0 Å². The first-order chi connectivity index (χ1) is 10.5. The lowest BCUT2D eigenvalue weighted by Crippen LogP contribution is -2.51. The van der Waals surface area contributed by atoms with Gasteiger partial charge in [-0.15, -0.1) is 0 Å². The van der Waals surface area contributed by atoms with Crippen molar-refractivity contribution in [3.8, 4) is 5.75 Å². The molecular formula is C16H21NO5. The monoisotopic (exact) mass is 307 g/mol. The fourth-order valence-electron chi connectivity index (χ4n) is 2.49. The van der Waals surface area contributed by atoms with Crippen LogP contribution in [0.3, 0.4) is 0 Å². The number of carboxylic acids is 1. The second kappa shape index (κ2) is 7.26. The van der Waals surface area contributed by atoms with Crippen LogP contribution in [0.4, 0.5) is 0 Å². The van der Waals surface area contributed by atoms with Crippen molar-refractivity contribution in [1.82, 2.24) is 4.90 Å².